The molecule has 0 bridgehead atoms. The molecule has 0 saturated carbocycles. The van der Waals surface area contributed by atoms with E-state index in [1.807, 2.05) is 24.5 Å². The maximum absolute atomic E-state index is 13.2. The molecule has 0 aliphatic carbocycles. The van der Waals surface area contributed by atoms with Gasteiger partial charge in [-0.3, -0.25) is 4.68 Å². The molecule has 0 spiro atoms. The van der Waals surface area contributed by atoms with Crippen LogP contribution in [0.4, 0.5) is 4.39 Å². The maximum Gasteiger partial charge on any atom is 0.165 e. The molecular weight excluding hydrogens is 235 g/mol. The van der Waals surface area contributed by atoms with Crippen LogP contribution in [0.25, 0.3) is 0 Å². The number of aliphatic hydroxyl groups is 1. The molecule has 2 rings (SSSR count). The van der Waals surface area contributed by atoms with E-state index in [0.717, 1.165) is 0 Å². The van der Waals surface area contributed by atoms with Crippen LogP contribution in [0.1, 0.15) is 0 Å². The zero-order valence-corrected chi connectivity index (χ0v) is 9.79. The van der Waals surface area contributed by atoms with Crippen LogP contribution in [-0.4, -0.2) is 29.0 Å². The third kappa shape index (κ3) is 3.49. The number of hydrogen-bond acceptors (Lipinski definition) is 3. The Balaban J connectivity index is 1.75. The molecule has 0 amide bonds. The summed E-state index contributed by atoms with van der Waals surface area (Å²) < 4.78 is 20.1. The van der Waals surface area contributed by atoms with Gasteiger partial charge in [-0.2, -0.15) is 0 Å². The van der Waals surface area contributed by atoms with Crippen LogP contribution in [0.2, 0.25) is 0 Å². The molecule has 18 heavy (non-hydrogen) atoms. The zero-order chi connectivity index (χ0) is 12.8. The van der Waals surface area contributed by atoms with Gasteiger partial charge < -0.3 is 15.3 Å². The monoisotopic (exact) mass is 250 g/mol. The minimum Gasteiger partial charge on any atom is -0.488 e. The summed E-state index contributed by atoms with van der Waals surface area (Å²) in [7, 11) is 0. The molecule has 0 saturated heterocycles. The zero-order valence-electron chi connectivity index (χ0n) is 9.79. The summed E-state index contributed by atoms with van der Waals surface area (Å²) in [5.74, 6) is -0.277. The highest BCUT2D eigenvalue weighted by molar-refractivity contribution is 5.23. The first-order valence-electron chi connectivity index (χ1n) is 5.68. The average molecular weight is 250 g/mol. The smallest absolute Gasteiger partial charge is 0.165 e. The van der Waals surface area contributed by atoms with E-state index < -0.39 is 11.9 Å². The molecule has 4 nitrogen and oxygen atoms in total. The lowest BCUT2D eigenvalue weighted by Crippen LogP contribution is -2.30. The highest BCUT2D eigenvalue weighted by Crippen LogP contribution is 2.15. The van der Waals surface area contributed by atoms with Crippen LogP contribution in [0.15, 0.2) is 48.8 Å². The van der Waals surface area contributed by atoms with Crippen molar-refractivity contribution in [1.29, 1.82) is 0 Å². The number of hydrogen-bond donors (Lipinski definition) is 2. The van der Waals surface area contributed by atoms with E-state index in [1.54, 1.807) is 16.8 Å². The third-order valence-electron chi connectivity index (χ3n) is 2.38. The number of para-hydroxylation sites is 1. The van der Waals surface area contributed by atoms with Gasteiger partial charge in [-0.15, -0.1) is 0 Å². The Morgan fingerprint density at radius 1 is 1.22 bits per heavy atom. The average Bonchev–Trinajstić information content (AvgIpc) is 2.88. The van der Waals surface area contributed by atoms with E-state index >= 15 is 0 Å². The Morgan fingerprint density at radius 2 is 1.94 bits per heavy atom. The molecule has 0 aliphatic rings. The molecule has 1 heterocycles. The fourth-order valence-electron chi connectivity index (χ4n) is 1.46. The van der Waals surface area contributed by atoms with Gasteiger partial charge in [0.1, 0.15) is 12.7 Å². The number of aliphatic hydroxyl groups excluding tert-OH is 1. The summed E-state index contributed by atoms with van der Waals surface area (Å²) in [5, 5.41) is 9.68. The molecule has 0 aliphatic heterocycles. The Labute approximate surface area is 105 Å². The number of nitrogens with one attached hydrogen (secondary N) is 1. The largest absolute Gasteiger partial charge is 0.488 e. The Hall–Kier alpha value is -2.01. The maximum atomic E-state index is 13.2. The van der Waals surface area contributed by atoms with Gasteiger partial charge in [-0.05, 0) is 24.3 Å². The predicted molar refractivity (Wildman–Crippen MR) is 66.6 cm³/mol. The molecule has 0 fully saturated rings. The van der Waals surface area contributed by atoms with Crippen molar-refractivity contribution in [3.63, 3.8) is 0 Å². The number of benzene rings is 1. The summed E-state index contributed by atoms with van der Waals surface area (Å²) >= 11 is 0. The molecule has 96 valence electrons. The quantitative estimate of drug-likeness (QED) is 0.818. The number of rotatable bonds is 6. The van der Waals surface area contributed by atoms with Gasteiger partial charge in [0.25, 0.3) is 0 Å². The van der Waals surface area contributed by atoms with Gasteiger partial charge in [-0.25, -0.2) is 4.39 Å². The highest BCUT2D eigenvalue weighted by atomic mass is 19.1. The van der Waals surface area contributed by atoms with Crippen LogP contribution < -0.4 is 10.2 Å². The minimum absolute atomic E-state index is 0.0369. The van der Waals surface area contributed by atoms with Crippen molar-refractivity contribution in [3.05, 3.63) is 54.6 Å². The summed E-state index contributed by atoms with van der Waals surface area (Å²) in [6, 6.07) is 9.86. The first-order valence-corrected chi connectivity index (χ1v) is 5.68. The highest BCUT2D eigenvalue weighted by Gasteiger charge is 2.07. The first kappa shape index (κ1) is 12.4. The second-order valence-corrected chi connectivity index (χ2v) is 3.85. The minimum atomic E-state index is -0.716. The van der Waals surface area contributed by atoms with Crippen LogP contribution in [0.3, 0.4) is 0 Å². The molecule has 2 N–H and O–H groups in total. The lowest BCUT2D eigenvalue weighted by molar-refractivity contribution is 0.113. The standard InChI is InChI=1S/C13H15FN2O2/c14-12-5-1-2-6-13(12)18-10-11(17)9-15-16-7-3-4-8-16/h1-8,11,15,17H,9-10H2. The fraction of sp³-hybridized carbons (Fsp3) is 0.231. The van der Waals surface area contributed by atoms with Crippen LogP contribution >= 0.6 is 0 Å². The summed E-state index contributed by atoms with van der Waals surface area (Å²) in [6.45, 7) is 0.359. The van der Waals surface area contributed by atoms with Crippen molar-refractivity contribution in [2.75, 3.05) is 18.6 Å². The Morgan fingerprint density at radius 3 is 2.67 bits per heavy atom. The van der Waals surface area contributed by atoms with E-state index in [2.05, 4.69) is 5.43 Å². The van der Waals surface area contributed by atoms with Crippen LogP contribution in [-0.2, 0) is 0 Å². The number of halogens is 1. The van der Waals surface area contributed by atoms with Crippen molar-refractivity contribution in [1.82, 2.24) is 4.68 Å². The van der Waals surface area contributed by atoms with Crippen LogP contribution in [0.5, 0.6) is 5.75 Å². The Bertz CT molecular complexity index is 474. The molecular formula is C13H15FN2O2. The van der Waals surface area contributed by atoms with E-state index in [9.17, 15) is 9.50 Å². The molecule has 1 unspecified atom stereocenters. The number of ether oxygens (including phenoxy) is 1. The van der Waals surface area contributed by atoms with Gasteiger partial charge in [0.2, 0.25) is 0 Å². The SMILES string of the molecule is OC(CNn1cccc1)COc1ccccc1F. The van der Waals surface area contributed by atoms with Crippen molar-refractivity contribution in [2.45, 2.75) is 6.10 Å². The third-order valence-corrected chi connectivity index (χ3v) is 2.38. The molecule has 5 heteroatoms. The molecule has 0 radical (unpaired) electrons. The topological polar surface area (TPSA) is 46.4 Å². The second kappa shape index (κ2) is 6.07. The first-order chi connectivity index (χ1) is 8.75. The lowest BCUT2D eigenvalue weighted by Gasteiger charge is -2.14. The van der Waals surface area contributed by atoms with Crippen molar-refractivity contribution in [3.8, 4) is 5.75 Å². The van der Waals surface area contributed by atoms with Crippen molar-refractivity contribution < 1.29 is 14.2 Å². The number of nitrogens with zero attached hydrogens (tertiary/aromatic N) is 1. The Kier molecular flexibility index (Phi) is 4.20. The van der Waals surface area contributed by atoms with Gasteiger partial charge in [0.05, 0.1) is 6.54 Å². The summed E-state index contributed by atoms with van der Waals surface area (Å²) in [6.07, 6.45) is 2.93. The normalized spacial score (nSPS) is 12.1. The van der Waals surface area contributed by atoms with Crippen molar-refractivity contribution in [2.24, 2.45) is 0 Å². The fourth-order valence-corrected chi connectivity index (χ4v) is 1.46. The van der Waals surface area contributed by atoms with Crippen molar-refractivity contribution >= 4 is 0 Å². The van der Waals surface area contributed by atoms with E-state index in [0.29, 0.717) is 6.54 Å². The van der Waals surface area contributed by atoms with E-state index in [1.165, 1.54) is 12.1 Å². The van der Waals surface area contributed by atoms with E-state index in [-0.39, 0.29) is 12.4 Å². The summed E-state index contributed by atoms with van der Waals surface area (Å²) in [4.78, 5) is 0. The van der Waals surface area contributed by atoms with Crippen LogP contribution in [0, 0.1) is 5.82 Å². The molecule has 1 atom stereocenters. The van der Waals surface area contributed by atoms with Gasteiger partial charge in [0, 0.05) is 12.4 Å². The van der Waals surface area contributed by atoms with E-state index in [4.69, 9.17) is 4.74 Å². The van der Waals surface area contributed by atoms with Gasteiger partial charge in [0.15, 0.2) is 11.6 Å². The number of aromatic nitrogens is 1. The lowest BCUT2D eigenvalue weighted by atomic mass is 10.3. The molecule has 2 aromatic rings. The molecule has 1 aromatic heterocycles. The second-order valence-electron chi connectivity index (χ2n) is 3.85. The van der Waals surface area contributed by atoms with Gasteiger partial charge >= 0.3 is 0 Å². The predicted octanol–water partition coefficient (Wildman–Crippen LogP) is 1.61. The van der Waals surface area contributed by atoms with Gasteiger partial charge in [-0.1, -0.05) is 12.1 Å². The molecule has 1 aromatic carbocycles. The summed E-state index contributed by atoms with van der Waals surface area (Å²) in [5.41, 5.74) is 2.97.